The zero-order valence-electron chi connectivity index (χ0n) is 7.46. The van der Waals surface area contributed by atoms with Gasteiger partial charge in [-0.05, 0) is 13.0 Å². The van der Waals surface area contributed by atoms with Crippen LogP contribution in [0.1, 0.15) is 5.56 Å². The van der Waals surface area contributed by atoms with Crippen molar-refractivity contribution in [1.29, 1.82) is 0 Å². The molecule has 0 unspecified atom stereocenters. The van der Waals surface area contributed by atoms with Gasteiger partial charge in [-0.25, -0.2) is 0 Å². The van der Waals surface area contributed by atoms with Gasteiger partial charge in [0.05, 0.1) is 21.1 Å². The zero-order chi connectivity index (χ0) is 8.48. The summed E-state index contributed by atoms with van der Waals surface area (Å²) in [5, 5.41) is 0. The Morgan fingerprint density at radius 2 is 1.64 bits per heavy atom. The molecule has 0 aliphatic carbocycles. The average Bonchev–Trinajstić information content (AvgIpc) is 1.86. The van der Waals surface area contributed by atoms with Crippen LogP contribution in [0, 0.1) is 6.92 Å². The van der Waals surface area contributed by atoms with Crippen LogP contribution in [0.4, 0.5) is 5.69 Å². The van der Waals surface area contributed by atoms with Crippen LogP contribution in [0.3, 0.4) is 0 Å². The minimum Gasteiger partial charge on any atom is -0.298 e. The number of benzene rings is 1. The fourth-order valence-corrected chi connectivity index (χ4v) is 1.17. The topological polar surface area (TPSA) is 0 Å². The van der Waals surface area contributed by atoms with Crippen LogP contribution >= 0.6 is 0 Å². The van der Waals surface area contributed by atoms with Gasteiger partial charge in [-0.15, -0.1) is 0 Å². The van der Waals surface area contributed by atoms with Crippen LogP contribution < -0.4 is 4.48 Å². The van der Waals surface area contributed by atoms with Gasteiger partial charge in [0.25, 0.3) is 0 Å². The molecule has 0 saturated carbocycles. The Hall–Kier alpha value is -0.820. The molecular weight excluding hydrogens is 134 g/mol. The smallest absolute Gasteiger partial charge is 0.135 e. The second-order valence-electron chi connectivity index (χ2n) is 3.64. The second kappa shape index (κ2) is 2.67. The minimum atomic E-state index is 0.833. The van der Waals surface area contributed by atoms with E-state index >= 15 is 0 Å². The van der Waals surface area contributed by atoms with Crippen LogP contribution in [0.15, 0.2) is 24.3 Å². The third-order valence-electron chi connectivity index (χ3n) is 1.71. The molecule has 0 bridgehead atoms. The maximum atomic E-state index is 3.97. The van der Waals surface area contributed by atoms with Gasteiger partial charge >= 0.3 is 0 Å². The van der Waals surface area contributed by atoms with Crippen LogP contribution in [0.5, 0.6) is 0 Å². The zero-order valence-corrected chi connectivity index (χ0v) is 7.46. The molecule has 0 heterocycles. The van der Waals surface area contributed by atoms with Crippen molar-refractivity contribution in [2.24, 2.45) is 0 Å². The summed E-state index contributed by atoms with van der Waals surface area (Å²) in [4.78, 5) is 0. The van der Waals surface area contributed by atoms with E-state index in [0.29, 0.717) is 0 Å². The predicted octanol–water partition coefficient (Wildman–Crippen LogP) is 2.07. The maximum Gasteiger partial charge on any atom is 0.135 e. The molecule has 0 amide bonds. The molecular formula is C10H15N+. The molecule has 0 fully saturated rings. The summed E-state index contributed by atoms with van der Waals surface area (Å²) in [6, 6.07) is 8.22. The lowest BCUT2D eigenvalue weighted by atomic mass is 10.2. The number of hydrogen-bond donors (Lipinski definition) is 0. The van der Waals surface area contributed by atoms with E-state index in [1.54, 1.807) is 0 Å². The molecule has 1 aromatic rings. The third-order valence-corrected chi connectivity index (χ3v) is 1.71. The van der Waals surface area contributed by atoms with E-state index in [1.165, 1.54) is 5.69 Å². The van der Waals surface area contributed by atoms with E-state index < -0.39 is 0 Å². The van der Waals surface area contributed by atoms with E-state index in [4.69, 9.17) is 0 Å². The number of rotatable bonds is 1. The van der Waals surface area contributed by atoms with Crippen LogP contribution in [-0.2, 0) is 0 Å². The summed E-state index contributed by atoms with van der Waals surface area (Å²) in [7, 11) is 6.43. The first-order valence-corrected chi connectivity index (χ1v) is 3.75. The first kappa shape index (κ1) is 8.28. The normalized spacial score (nSPS) is 11.6. The molecule has 11 heavy (non-hydrogen) atoms. The Labute approximate surface area is 68.9 Å². The molecule has 1 nitrogen and oxygen atoms in total. The quantitative estimate of drug-likeness (QED) is 0.536. The monoisotopic (exact) mass is 149 g/mol. The van der Waals surface area contributed by atoms with Crippen LogP contribution in [0.25, 0.3) is 0 Å². The average molecular weight is 149 g/mol. The van der Waals surface area contributed by atoms with E-state index in [2.05, 4.69) is 34.1 Å². The van der Waals surface area contributed by atoms with Gasteiger partial charge < -0.3 is 0 Å². The summed E-state index contributed by atoms with van der Waals surface area (Å²) in [6.07, 6.45) is 0. The van der Waals surface area contributed by atoms with Crippen LogP contribution in [-0.4, -0.2) is 21.1 Å². The Bertz CT molecular complexity index is 245. The molecule has 0 spiro atoms. The summed E-state index contributed by atoms with van der Waals surface area (Å²) in [5.74, 6) is 0. The van der Waals surface area contributed by atoms with Gasteiger partial charge in [0.2, 0.25) is 0 Å². The highest BCUT2D eigenvalue weighted by Gasteiger charge is 2.13. The lowest BCUT2D eigenvalue weighted by molar-refractivity contribution is 0.485. The van der Waals surface area contributed by atoms with Crippen molar-refractivity contribution in [1.82, 2.24) is 4.48 Å². The third kappa shape index (κ3) is 1.81. The highest BCUT2D eigenvalue weighted by atomic mass is 15.3. The Kier molecular flexibility index (Phi) is 2.01. The Balaban J connectivity index is 3.14. The summed E-state index contributed by atoms with van der Waals surface area (Å²) >= 11 is 0. The van der Waals surface area contributed by atoms with Gasteiger partial charge in [0.15, 0.2) is 0 Å². The lowest BCUT2D eigenvalue weighted by Crippen LogP contribution is -2.35. The SMILES string of the molecule is [CH2]c1ccccc1[N+](C)(C)C. The summed E-state index contributed by atoms with van der Waals surface area (Å²) in [6.45, 7) is 3.97. The fourth-order valence-electron chi connectivity index (χ4n) is 1.17. The standard InChI is InChI=1S/C10H15N/c1-9-7-5-6-8-10(9)11(2,3)4/h5-8H,1H2,2-4H3/q+1. The van der Waals surface area contributed by atoms with Gasteiger partial charge in [-0.3, -0.25) is 4.48 Å². The van der Waals surface area contributed by atoms with Crippen LogP contribution in [0.2, 0.25) is 0 Å². The summed E-state index contributed by atoms with van der Waals surface area (Å²) < 4.78 is 0.833. The number of hydrogen-bond acceptors (Lipinski definition) is 0. The molecule has 59 valence electrons. The first-order chi connectivity index (χ1) is 5.02. The van der Waals surface area contributed by atoms with E-state index in [-0.39, 0.29) is 0 Å². The molecule has 1 heteroatoms. The fraction of sp³-hybridized carbons (Fsp3) is 0.300. The van der Waals surface area contributed by atoms with Gasteiger partial charge in [0.1, 0.15) is 5.69 Å². The minimum absolute atomic E-state index is 0.833. The molecule has 0 atom stereocenters. The Morgan fingerprint density at radius 1 is 1.09 bits per heavy atom. The molecule has 1 aromatic carbocycles. The van der Waals surface area contributed by atoms with E-state index in [1.807, 2.05) is 18.2 Å². The van der Waals surface area contributed by atoms with E-state index in [0.717, 1.165) is 10.0 Å². The highest BCUT2D eigenvalue weighted by molar-refractivity contribution is 5.50. The van der Waals surface area contributed by atoms with Gasteiger partial charge in [-0.1, -0.05) is 18.2 Å². The highest BCUT2D eigenvalue weighted by Crippen LogP contribution is 2.20. The van der Waals surface area contributed by atoms with Crippen molar-refractivity contribution in [2.45, 2.75) is 0 Å². The van der Waals surface area contributed by atoms with Crippen molar-refractivity contribution in [2.75, 3.05) is 21.1 Å². The molecule has 0 aliphatic heterocycles. The van der Waals surface area contributed by atoms with Crippen molar-refractivity contribution >= 4 is 5.69 Å². The number of nitrogens with zero attached hydrogens (tertiary/aromatic N) is 1. The van der Waals surface area contributed by atoms with Gasteiger partial charge in [0, 0.05) is 5.56 Å². The van der Waals surface area contributed by atoms with Gasteiger partial charge in [-0.2, -0.15) is 0 Å². The van der Waals surface area contributed by atoms with Crippen molar-refractivity contribution in [3.8, 4) is 0 Å². The first-order valence-electron chi connectivity index (χ1n) is 3.75. The number of quaternary nitrogens is 1. The molecule has 0 N–H and O–H groups in total. The maximum absolute atomic E-state index is 3.97. The predicted molar refractivity (Wildman–Crippen MR) is 50.5 cm³/mol. The lowest BCUT2D eigenvalue weighted by Gasteiger charge is -2.24. The molecule has 0 saturated heterocycles. The van der Waals surface area contributed by atoms with Crippen molar-refractivity contribution in [3.05, 3.63) is 36.8 Å². The molecule has 1 radical (unpaired) electrons. The van der Waals surface area contributed by atoms with Crippen molar-refractivity contribution in [3.63, 3.8) is 0 Å². The molecule has 0 aromatic heterocycles. The molecule has 1 rings (SSSR count). The number of para-hydroxylation sites is 1. The second-order valence-corrected chi connectivity index (χ2v) is 3.64. The van der Waals surface area contributed by atoms with E-state index in [9.17, 15) is 0 Å². The van der Waals surface area contributed by atoms with Crippen molar-refractivity contribution < 1.29 is 0 Å². The largest absolute Gasteiger partial charge is 0.298 e. The summed E-state index contributed by atoms with van der Waals surface area (Å²) in [5.41, 5.74) is 2.38. The molecule has 0 aliphatic rings. The Morgan fingerprint density at radius 3 is 2.00 bits per heavy atom.